The predicted octanol–water partition coefficient (Wildman–Crippen LogP) is 0.561. The zero-order chi connectivity index (χ0) is 22.4. The second-order valence-electron chi connectivity index (χ2n) is 7.57. The SMILES string of the molecule is CN(C)C(=O)[C@H](Cc1ccccc1)NC(=O)C1OC1C(=O)N(CCN)c1ccccc1. The van der Waals surface area contributed by atoms with Gasteiger partial charge in [0.15, 0.2) is 12.2 Å². The molecule has 1 saturated heterocycles. The smallest absolute Gasteiger partial charge is 0.259 e. The van der Waals surface area contributed by atoms with Crippen molar-refractivity contribution in [2.75, 3.05) is 32.1 Å². The van der Waals surface area contributed by atoms with Crippen molar-refractivity contribution in [2.24, 2.45) is 5.73 Å². The Balaban J connectivity index is 1.66. The summed E-state index contributed by atoms with van der Waals surface area (Å²) in [6.45, 7) is 0.591. The van der Waals surface area contributed by atoms with Gasteiger partial charge in [0.1, 0.15) is 6.04 Å². The van der Waals surface area contributed by atoms with Crippen LogP contribution in [-0.4, -0.2) is 68.1 Å². The summed E-state index contributed by atoms with van der Waals surface area (Å²) >= 11 is 0. The van der Waals surface area contributed by atoms with E-state index in [1.807, 2.05) is 48.5 Å². The van der Waals surface area contributed by atoms with Gasteiger partial charge in [0.2, 0.25) is 5.91 Å². The summed E-state index contributed by atoms with van der Waals surface area (Å²) in [7, 11) is 3.27. The van der Waals surface area contributed by atoms with Crippen LogP contribution in [0.15, 0.2) is 60.7 Å². The standard InChI is InChI=1S/C23H28N4O4/c1-26(2)22(29)18(15-16-9-5-3-6-10-16)25-21(28)19-20(31-19)23(30)27(14-13-24)17-11-7-4-8-12-17/h3-12,18-20H,13-15,24H2,1-2H3,(H,25,28)/t18-,19?,20?/m0/s1. The number of rotatable bonds is 9. The van der Waals surface area contributed by atoms with Gasteiger partial charge in [-0.15, -0.1) is 0 Å². The summed E-state index contributed by atoms with van der Waals surface area (Å²) in [6, 6.07) is 17.8. The van der Waals surface area contributed by atoms with E-state index in [9.17, 15) is 14.4 Å². The van der Waals surface area contributed by atoms with Crippen molar-refractivity contribution >= 4 is 23.4 Å². The molecule has 2 aromatic carbocycles. The minimum Gasteiger partial charge on any atom is -0.349 e. The molecular formula is C23H28N4O4. The van der Waals surface area contributed by atoms with Crippen molar-refractivity contribution < 1.29 is 19.1 Å². The lowest BCUT2D eigenvalue weighted by atomic mass is 10.0. The second kappa shape index (κ2) is 10.2. The molecule has 164 valence electrons. The van der Waals surface area contributed by atoms with Crippen LogP contribution in [0.2, 0.25) is 0 Å². The Hall–Kier alpha value is -3.23. The van der Waals surface area contributed by atoms with Crippen molar-refractivity contribution in [1.29, 1.82) is 0 Å². The van der Waals surface area contributed by atoms with Crippen molar-refractivity contribution in [1.82, 2.24) is 10.2 Å². The number of anilines is 1. The lowest BCUT2D eigenvalue weighted by Crippen LogP contribution is -2.49. The van der Waals surface area contributed by atoms with E-state index in [1.165, 1.54) is 9.80 Å². The van der Waals surface area contributed by atoms with Gasteiger partial charge in [-0.05, 0) is 17.7 Å². The molecule has 31 heavy (non-hydrogen) atoms. The third-order valence-corrected chi connectivity index (χ3v) is 5.02. The van der Waals surface area contributed by atoms with Gasteiger partial charge in [-0.2, -0.15) is 0 Å². The van der Waals surface area contributed by atoms with E-state index in [0.717, 1.165) is 5.56 Å². The fourth-order valence-corrected chi connectivity index (χ4v) is 3.37. The number of hydrogen-bond acceptors (Lipinski definition) is 5. The number of nitrogens with two attached hydrogens (primary N) is 1. The number of likely N-dealkylation sites (N-methyl/N-ethyl adjacent to an activating group) is 1. The Morgan fingerprint density at radius 3 is 2.19 bits per heavy atom. The van der Waals surface area contributed by atoms with Crippen LogP contribution >= 0.6 is 0 Å². The van der Waals surface area contributed by atoms with Crippen LogP contribution in [0.5, 0.6) is 0 Å². The number of ether oxygens (including phenoxy) is 1. The molecule has 2 unspecified atom stereocenters. The van der Waals surface area contributed by atoms with Gasteiger partial charge in [0.05, 0.1) is 0 Å². The Labute approximate surface area is 182 Å². The van der Waals surface area contributed by atoms with Crippen LogP contribution < -0.4 is 16.0 Å². The van der Waals surface area contributed by atoms with Gasteiger partial charge >= 0.3 is 0 Å². The highest BCUT2D eigenvalue weighted by Gasteiger charge is 2.52. The maximum atomic E-state index is 12.9. The van der Waals surface area contributed by atoms with Gasteiger partial charge in [-0.25, -0.2) is 0 Å². The molecule has 3 rings (SSSR count). The van der Waals surface area contributed by atoms with E-state index in [-0.39, 0.29) is 18.4 Å². The minimum atomic E-state index is -0.926. The van der Waals surface area contributed by atoms with Gasteiger partial charge in [0, 0.05) is 39.3 Å². The number of benzene rings is 2. The highest BCUT2D eigenvalue weighted by Crippen LogP contribution is 2.27. The van der Waals surface area contributed by atoms with Gasteiger partial charge < -0.3 is 25.6 Å². The molecule has 0 spiro atoms. The maximum absolute atomic E-state index is 12.9. The topological polar surface area (TPSA) is 108 Å². The first kappa shape index (κ1) is 22.5. The zero-order valence-corrected chi connectivity index (χ0v) is 17.7. The van der Waals surface area contributed by atoms with Crippen LogP contribution in [0, 0.1) is 0 Å². The fraction of sp³-hybridized carbons (Fsp3) is 0.348. The van der Waals surface area contributed by atoms with Crippen LogP contribution in [-0.2, 0) is 25.5 Å². The first-order valence-corrected chi connectivity index (χ1v) is 10.2. The Kier molecular flexibility index (Phi) is 7.38. The zero-order valence-electron chi connectivity index (χ0n) is 17.7. The average Bonchev–Trinajstić information content (AvgIpc) is 3.58. The molecule has 3 N–H and O–H groups in total. The van der Waals surface area contributed by atoms with E-state index in [1.54, 1.807) is 26.2 Å². The number of nitrogens with one attached hydrogen (secondary N) is 1. The third kappa shape index (κ3) is 5.68. The lowest BCUT2D eigenvalue weighted by molar-refractivity contribution is -0.134. The molecule has 1 aliphatic heterocycles. The largest absolute Gasteiger partial charge is 0.349 e. The maximum Gasteiger partial charge on any atom is 0.259 e. The fourth-order valence-electron chi connectivity index (χ4n) is 3.37. The minimum absolute atomic E-state index is 0.227. The summed E-state index contributed by atoms with van der Waals surface area (Å²) in [6.07, 6.45) is -1.47. The normalized spacial score (nSPS) is 18.0. The second-order valence-corrected chi connectivity index (χ2v) is 7.57. The molecule has 3 amide bonds. The third-order valence-electron chi connectivity index (χ3n) is 5.02. The number of nitrogens with zero attached hydrogens (tertiary/aromatic N) is 2. The van der Waals surface area contributed by atoms with Crippen LogP contribution in [0.3, 0.4) is 0 Å². The number of carbonyl (C=O) groups excluding carboxylic acids is 3. The van der Waals surface area contributed by atoms with E-state index in [2.05, 4.69) is 5.32 Å². The van der Waals surface area contributed by atoms with Crippen LogP contribution in [0.1, 0.15) is 5.56 Å². The number of para-hydroxylation sites is 1. The molecule has 0 bridgehead atoms. The summed E-state index contributed by atoms with van der Waals surface area (Å²) in [5.74, 6) is -1.03. The summed E-state index contributed by atoms with van der Waals surface area (Å²) in [5.41, 5.74) is 7.28. The lowest BCUT2D eigenvalue weighted by Gasteiger charge is -2.22. The summed E-state index contributed by atoms with van der Waals surface area (Å²) in [5, 5.41) is 2.75. The molecule has 0 radical (unpaired) electrons. The molecule has 0 saturated carbocycles. The Bertz CT molecular complexity index is 904. The molecule has 3 atom stereocenters. The number of epoxide rings is 1. The van der Waals surface area contributed by atoms with Crippen molar-refractivity contribution in [3.8, 4) is 0 Å². The van der Waals surface area contributed by atoms with E-state index >= 15 is 0 Å². The number of hydrogen-bond donors (Lipinski definition) is 2. The quantitative estimate of drug-likeness (QED) is 0.572. The highest BCUT2D eigenvalue weighted by atomic mass is 16.6. The molecule has 0 aromatic heterocycles. The highest BCUT2D eigenvalue weighted by molar-refractivity contribution is 6.03. The Morgan fingerprint density at radius 2 is 1.61 bits per heavy atom. The van der Waals surface area contributed by atoms with Gasteiger partial charge in [0.25, 0.3) is 11.8 Å². The van der Waals surface area contributed by atoms with E-state index in [4.69, 9.17) is 10.5 Å². The van der Waals surface area contributed by atoms with Crippen molar-refractivity contribution in [2.45, 2.75) is 24.7 Å². The van der Waals surface area contributed by atoms with Gasteiger partial charge in [-0.1, -0.05) is 48.5 Å². The first-order valence-electron chi connectivity index (χ1n) is 10.2. The molecule has 8 nitrogen and oxygen atoms in total. The molecular weight excluding hydrogens is 396 g/mol. The molecule has 1 heterocycles. The van der Waals surface area contributed by atoms with E-state index in [0.29, 0.717) is 18.7 Å². The van der Waals surface area contributed by atoms with Crippen LogP contribution in [0.4, 0.5) is 5.69 Å². The first-order chi connectivity index (χ1) is 14.9. The molecule has 8 heteroatoms. The Morgan fingerprint density at radius 1 is 1.00 bits per heavy atom. The van der Waals surface area contributed by atoms with Crippen molar-refractivity contribution in [3.63, 3.8) is 0 Å². The number of carbonyl (C=O) groups is 3. The van der Waals surface area contributed by atoms with Crippen molar-refractivity contribution in [3.05, 3.63) is 66.2 Å². The average molecular weight is 425 g/mol. The monoisotopic (exact) mass is 424 g/mol. The number of amides is 3. The molecule has 2 aromatic rings. The van der Waals surface area contributed by atoms with Gasteiger partial charge in [-0.3, -0.25) is 14.4 Å². The molecule has 1 aliphatic rings. The van der Waals surface area contributed by atoms with E-state index < -0.39 is 24.2 Å². The van der Waals surface area contributed by atoms with Crippen LogP contribution in [0.25, 0.3) is 0 Å². The predicted molar refractivity (Wildman–Crippen MR) is 117 cm³/mol. The molecule has 0 aliphatic carbocycles. The summed E-state index contributed by atoms with van der Waals surface area (Å²) < 4.78 is 5.41. The molecule has 1 fully saturated rings. The summed E-state index contributed by atoms with van der Waals surface area (Å²) in [4.78, 5) is 41.2.